The smallest absolute Gasteiger partial charge is 0.275 e. The molecule has 0 unspecified atom stereocenters. The number of fused-ring (bicyclic) bond motifs is 1. The molecule has 0 spiro atoms. The molecule has 28 heavy (non-hydrogen) atoms. The van der Waals surface area contributed by atoms with Gasteiger partial charge in [-0.1, -0.05) is 29.0 Å². The summed E-state index contributed by atoms with van der Waals surface area (Å²) in [5.74, 6) is 0. The molecule has 0 amide bonds. The molecule has 10 heteroatoms. The molecule has 4 rings (SSSR count). The first-order chi connectivity index (χ1) is 13.3. The predicted molar refractivity (Wildman–Crippen MR) is 107 cm³/mol. The molecule has 1 saturated heterocycles. The van der Waals surface area contributed by atoms with Crippen molar-refractivity contribution in [2.24, 2.45) is 0 Å². The highest BCUT2D eigenvalue weighted by Crippen LogP contribution is 2.20. The Balaban J connectivity index is 1.44. The molecule has 0 saturated carbocycles. The number of hydrogen-bond donors (Lipinski definition) is 0. The molecular weight excluding hydrogens is 398 g/mol. The maximum absolute atomic E-state index is 12.8. The number of piperazine rings is 1. The number of nitrogens with zero attached hydrogens (tertiary/aromatic N) is 5. The predicted octanol–water partition coefficient (Wildman–Crippen LogP) is 1.27. The second kappa shape index (κ2) is 7.36. The SMILES string of the molecule is Cc1ccc(S(=O)(=O)N2CCN(Cc3nn4c(=O)cc(C)nc4s3)CC2)cc1. The van der Waals surface area contributed by atoms with E-state index in [1.165, 1.54) is 26.2 Å². The quantitative estimate of drug-likeness (QED) is 0.633. The zero-order valence-electron chi connectivity index (χ0n) is 15.7. The minimum Gasteiger partial charge on any atom is -0.294 e. The lowest BCUT2D eigenvalue weighted by Gasteiger charge is -2.33. The molecule has 1 aliphatic rings. The van der Waals surface area contributed by atoms with E-state index in [0.29, 0.717) is 48.3 Å². The van der Waals surface area contributed by atoms with Crippen molar-refractivity contribution in [2.75, 3.05) is 26.2 Å². The van der Waals surface area contributed by atoms with Gasteiger partial charge in [0.25, 0.3) is 5.56 Å². The van der Waals surface area contributed by atoms with Crippen molar-refractivity contribution in [1.29, 1.82) is 0 Å². The van der Waals surface area contributed by atoms with Gasteiger partial charge in [0.2, 0.25) is 15.0 Å². The average molecular weight is 420 g/mol. The summed E-state index contributed by atoms with van der Waals surface area (Å²) < 4.78 is 28.5. The molecule has 0 atom stereocenters. The molecule has 0 bridgehead atoms. The van der Waals surface area contributed by atoms with Gasteiger partial charge >= 0.3 is 0 Å². The van der Waals surface area contributed by atoms with E-state index in [-0.39, 0.29) is 5.56 Å². The number of benzene rings is 1. The molecule has 1 fully saturated rings. The molecule has 8 nitrogen and oxygen atoms in total. The van der Waals surface area contributed by atoms with Gasteiger partial charge in [-0.15, -0.1) is 0 Å². The Labute approximate surface area is 167 Å². The van der Waals surface area contributed by atoms with E-state index in [1.54, 1.807) is 19.1 Å². The summed E-state index contributed by atoms with van der Waals surface area (Å²) in [4.78, 5) is 19.4. The lowest BCUT2D eigenvalue weighted by atomic mass is 10.2. The van der Waals surface area contributed by atoms with Gasteiger partial charge in [-0.2, -0.15) is 13.9 Å². The average Bonchev–Trinajstić information content (AvgIpc) is 3.05. The number of sulfonamides is 1. The molecule has 3 heterocycles. The molecule has 1 aliphatic heterocycles. The van der Waals surface area contributed by atoms with Crippen molar-refractivity contribution >= 4 is 26.3 Å². The summed E-state index contributed by atoms with van der Waals surface area (Å²) in [5.41, 5.74) is 1.53. The highest BCUT2D eigenvalue weighted by molar-refractivity contribution is 7.89. The second-order valence-corrected chi connectivity index (χ2v) is 9.90. The van der Waals surface area contributed by atoms with Gasteiger partial charge in [0.1, 0.15) is 5.01 Å². The maximum Gasteiger partial charge on any atom is 0.275 e. The minimum absolute atomic E-state index is 0.181. The van der Waals surface area contributed by atoms with Crippen LogP contribution in [0.1, 0.15) is 16.3 Å². The highest BCUT2D eigenvalue weighted by atomic mass is 32.2. The molecular formula is C18H21N5O3S2. The fraction of sp³-hybridized carbons (Fsp3) is 0.389. The monoisotopic (exact) mass is 419 g/mol. The van der Waals surface area contributed by atoms with Crippen molar-refractivity contribution in [2.45, 2.75) is 25.3 Å². The van der Waals surface area contributed by atoms with Crippen LogP contribution < -0.4 is 5.56 Å². The molecule has 2 aromatic heterocycles. The largest absolute Gasteiger partial charge is 0.294 e. The van der Waals surface area contributed by atoms with Crippen LogP contribution in [0, 0.1) is 13.8 Å². The summed E-state index contributed by atoms with van der Waals surface area (Å²) in [5, 5.41) is 5.15. The van der Waals surface area contributed by atoms with Crippen LogP contribution in [-0.2, 0) is 16.6 Å². The lowest BCUT2D eigenvalue weighted by Crippen LogP contribution is -2.48. The lowest BCUT2D eigenvalue weighted by molar-refractivity contribution is 0.181. The van der Waals surface area contributed by atoms with E-state index in [4.69, 9.17) is 0 Å². The Morgan fingerprint density at radius 3 is 2.43 bits per heavy atom. The first-order valence-electron chi connectivity index (χ1n) is 8.98. The van der Waals surface area contributed by atoms with E-state index in [0.717, 1.165) is 10.6 Å². The van der Waals surface area contributed by atoms with Crippen molar-refractivity contribution in [3.63, 3.8) is 0 Å². The van der Waals surface area contributed by atoms with Gasteiger partial charge in [-0.05, 0) is 26.0 Å². The first kappa shape index (κ1) is 19.2. The van der Waals surface area contributed by atoms with Crippen LogP contribution >= 0.6 is 11.3 Å². The van der Waals surface area contributed by atoms with Crippen LogP contribution in [0.15, 0.2) is 40.0 Å². The van der Waals surface area contributed by atoms with Gasteiger partial charge in [0.15, 0.2) is 0 Å². The summed E-state index contributed by atoms with van der Waals surface area (Å²) in [6.07, 6.45) is 0. The molecule has 148 valence electrons. The van der Waals surface area contributed by atoms with E-state index in [1.807, 2.05) is 19.1 Å². The van der Waals surface area contributed by atoms with Gasteiger partial charge in [0.05, 0.1) is 11.4 Å². The van der Waals surface area contributed by atoms with E-state index in [9.17, 15) is 13.2 Å². The third-order valence-corrected chi connectivity index (χ3v) is 7.57. The molecule has 3 aromatic rings. The third-order valence-electron chi connectivity index (χ3n) is 4.76. The van der Waals surface area contributed by atoms with Crippen LogP contribution in [-0.4, -0.2) is 58.4 Å². The van der Waals surface area contributed by atoms with Crippen LogP contribution in [0.2, 0.25) is 0 Å². The summed E-state index contributed by atoms with van der Waals surface area (Å²) >= 11 is 1.39. The topological polar surface area (TPSA) is 87.9 Å². The normalized spacial score (nSPS) is 16.6. The van der Waals surface area contributed by atoms with Crippen molar-refractivity contribution < 1.29 is 8.42 Å². The number of rotatable bonds is 4. The minimum atomic E-state index is -3.47. The molecule has 1 aromatic carbocycles. The zero-order valence-corrected chi connectivity index (χ0v) is 17.3. The number of hydrogen-bond acceptors (Lipinski definition) is 7. The molecule has 0 N–H and O–H groups in total. The van der Waals surface area contributed by atoms with Crippen molar-refractivity contribution in [3.05, 3.63) is 57.0 Å². The van der Waals surface area contributed by atoms with Gasteiger partial charge in [0, 0.05) is 37.9 Å². The summed E-state index contributed by atoms with van der Waals surface area (Å²) in [6.45, 7) is 6.38. The van der Waals surface area contributed by atoms with E-state index < -0.39 is 10.0 Å². The fourth-order valence-electron chi connectivity index (χ4n) is 3.20. The Hall–Kier alpha value is -2.14. The van der Waals surface area contributed by atoms with Crippen LogP contribution in [0.3, 0.4) is 0 Å². The Morgan fingerprint density at radius 1 is 1.07 bits per heavy atom. The summed E-state index contributed by atoms with van der Waals surface area (Å²) in [7, 11) is -3.47. The number of aryl methyl sites for hydroxylation is 2. The van der Waals surface area contributed by atoms with Crippen LogP contribution in [0.4, 0.5) is 0 Å². The van der Waals surface area contributed by atoms with E-state index in [2.05, 4.69) is 15.0 Å². The zero-order chi connectivity index (χ0) is 19.9. The van der Waals surface area contributed by atoms with Crippen molar-refractivity contribution in [1.82, 2.24) is 23.8 Å². The molecule has 0 aliphatic carbocycles. The van der Waals surface area contributed by atoms with Gasteiger partial charge in [-0.3, -0.25) is 9.69 Å². The van der Waals surface area contributed by atoms with Gasteiger partial charge < -0.3 is 0 Å². The van der Waals surface area contributed by atoms with Crippen LogP contribution in [0.5, 0.6) is 0 Å². The molecule has 0 radical (unpaired) electrons. The number of aromatic nitrogens is 3. The van der Waals surface area contributed by atoms with Crippen LogP contribution in [0.25, 0.3) is 4.96 Å². The second-order valence-electron chi connectivity index (χ2n) is 6.92. The Bertz CT molecular complexity index is 1160. The highest BCUT2D eigenvalue weighted by Gasteiger charge is 2.28. The third kappa shape index (κ3) is 3.72. The maximum atomic E-state index is 12.8. The fourth-order valence-corrected chi connectivity index (χ4v) is 5.61. The Morgan fingerprint density at radius 2 is 1.75 bits per heavy atom. The summed E-state index contributed by atoms with van der Waals surface area (Å²) in [6, 6.07) is 8.41. The van der Waals surface area contributed by atoms with Gasteiger partial charge in [-0.25, -0.2) is 13.4 Å². The van der Waals surface area contributed by atoms with E-state index >= 15 is 0 Å². The Kier molecular flexibility index (Phi) is 5.04. The first-order valence-corrected chi connectivity index (χ1v) is 11.2. The van der Waals surface area contributed by atoms with Crippen molar-refractivity contribution in [3.8, 4) is 0 Å². The standard InChI is InChI=1S/C18H21N5O3S2/c1-13-3-5-15(6-4-13)28(25,26)22-9-7-21(8-10-22)12-16-20-23-17(24)11-14(2)19-18(23)27-16/h3-6,11H,7-10,12H2,1-2H3.